The first-order chi connectivity index (χ1) is 9.55. The van der Waals surface area contributed by atoms with Gasteiger partial charge >= 0.3 is 0 Å². The van der Waals surface area contributed by atoms with Crippen LogP contribution in [-0.2, 0) is 13.6 Å². The monoisotopic (exact) mass is 276 g/mol. The SMILES string of the molecule is CCN(Cc1nc(NC)c2cnn(C)c2n1)CC(C)C. The molecule has 110 valence electrons. The standard InChI is InChI=1S/C14H24N6/c1-6-20(8-10(2)3)9-12-17-13(15-4)11-7-16-19(5)14(11)18-12/h7,10H,6,8-9H2,1-5H3,(H,15,17,18). The van der Waals surface area contributed by atoms with Crippen LogP contribution in [0.1, 0.15) is 26.6 Å². The van der Waals surface area contributed by atoms with E-state index in [4.69, 9.17) is 0 Å². The molecule has 0 aliphatic rings. The van der Waals surface area contributed by atoms with Crippen LogP contribution in [0.2, 0.25) is 0 Å². The summed E-state index contributed by atoms with van der Waals surface area (Å²) in [6.45, 7) is 9.45. The van der Waals surface area contributed by atoms with Gasteiger partial charge in [0, 0.05) is 20.6 Å². The highest BCUT2D eigenvalue weighted by Crippen LogP contribution is 2.19. The lowest BCUT2D eigenvalue weighted by Crippen LogP contribution is -2.28. The summed E-state index contributed by atoms with van der Waals surface area (Å²) in [6, 6.07) is 0. The molecule has 0 radical (unpaired) electrons. The highest BCUT2D eigenvalue weighted by molar-refractivity contribution is 5.86. The number of aromatic nitrogens is 4. The normalized spacial score (nSPS) is 11.8. The first-order valence-electron chi connectivity index (χ1n) is 7.13. The molecular weight excluding hydrogens is 252 g/mol. The number of nitrogens with zero attached hydrogens (tertiary/aromatic N) is 5. The lowest BCUT2D eigenvalue weighted by atomic mass is 10.2. The average molecular weight is 276 g/mol. The van der Waals surface area contributed by atoms with Gasteiger partial charge in [-0.2, -0.15) is 5.10 Å². The van der Waals surface area contributed by atoms with Crippen molar-refractivity contribution in [3.8, 4) is 0 Å². The van der Waals surface area contributed by atoms with Crippen LogP contribution in [0.5, 0.6) is 0 Å². The van der Waals surface area contributed by atoms with E-state index in [0.717, 1.165) is 42.3 Å². The smallest absolute Gasteiger partial charge is 0.163 e. The van der Waals surface area contributed by atoms with Crippen molar-refractivity contribution in [1.82, 2.24) is 24.6 Å². The molecule has 0 fully saturated rings. The van der Waals surface area contributed by atoms with Gasteiger partial charge in [0.1, 0.15) is 11.6 Å². The van der Waals surface area contributed by atoms with Crippen LogP contribution >= 0.6 is 0 Å². The molecule has 0 bridgehead atoms. The van der Waals surface area contributed by atoms with E-state index in [0.29, 0.717) is 5.92 Å². The predicted octanol–water partition coefficient (Wildman–Crippen LogP) is 1.88. The van der Waals surface area contributed by atoms with Crippen LogP contribution in [0.15, 0.2) is 6.20 Å². The van der Waals surface area contributed by atoms with Crippen molar-refractivity contribution in [2.45, 2.75) is 27.3 Å². The van der Waals surface area contributed by atoms with Crippen molar-refractivity contribution in [3.05, 3.63) is 12.0 Å². The summed E-state index contributed by atoms with van der Waals surface area (Å²) in [5.74, 6) is 2.32. The van der Waals surface area contributed by atoms with E-state index < -0.39 is 0 Å². The fourth-order valence-electron chi connectivity index (χ4n) is 2.35. The summed E-state index contributed by atoms with van der Waals surface area (Å²) in [4.78, 5) is 11.6. The van der Waals surface area contributed by atoms with Crippen molar-refractivity contribution >= 4 is 16.9 Å². The summed E-state index contributed by atoms with van der Waals surface area (Å²) >= 11 is 0. The fourth-order valence-corrected chi connectivity index (χ4v) is 2.35. The van der Waals surface area contributed by atoms with Crippen molar-refractivity contribution < 1.29 is 0 Å². The van der Waals surface area contributed by atoms with Gasteiger partial charge < -0.3 is 5.32 Å². The Morgan fingerprint density at radius 2 is 2.10 bits per heavy atom. The molecule has 0 atom stereocenters. The number of aryl methyl sites for hydroxylation is 1. The zero-order valence-electron chi connectivity index (χ0n) is 13.0. The highest BCUT2D eigenvalue weighted by atomic mass is 15.3. The summed E-state index contributed by atoms with van der Waals surface area (Å²) < 4.78 is 1.79. The highest BCUT2D eigenvalue weighted by Gasteiger charge is 2.13. The van der Waals surface area contributed by atoms with Crippen molar-refractivity contribution in [2.24, 2.45) is 13.0 Å². The van der Waals surface area contributed by atoms with Crippen molar-refractivity contribution in [2.75, 3.05) is 25.5 Å². The summed E-state index contributed by atoms with van der Waals surface area (Å²) in [7, 11) is 3.79. The number of rotatable bonds is 6. The minimum Gasteiger partial charge on any atom is -0.372 e. The Hall–Kier alpha value is -1.69. The molecular formula is C14H24N6. The molecule has 0 spiro atoms. The molecule has 2 aromatic rings. The summed E-state index contributed by atoms with van der Waals surface area (Å²) in [6.07, 6.45) is 1.80. The maximum Gasteiger partial charge on any atom is 0.163 e. The Kier molecular flexibility index (Phi) is 4.54. The Morgan fingerprint density at radius 3 is 2.70 bits per heavy atom. The molecule has 0 amide bonds. The molecule has 2 heterocycles. The number of anilines is 1. The zero-order chi connectivity index (χ0) is 14.7. The van der Waals surface area contributed by atoms with Crippen LogP contribution in [-0.4, -0.2) is 44.8 Å². The van der Waals surface area contributed by atoms with Gasteiger partial charge in [-0.3, -0.25) is 9.58 Å². The van der Waals surface area contributed by atoms with Gasteiger partial charge in [-0.15, -0.1) is 0 Å². The fraction of sp³-hybridized carbons (Fsp3) is 0.643. The number of hydrogen-bond donors (Lipinski definition) is 1. The van der Waals surface area contributed by atoms with Gasteiger partial charge in [-0.25, -0.2) is 9.97 Å². The average Bonchev–Trinajstić information content (AvgIpc) is 2.78. The van der Waals surface area contributed by atoms with E-state index in [1.807, 2.05) is 14.1 Å². The quantitative estimate of drug-likeness (QED) is 0.873. The lowest BCUT2D eigenvalue weighted by molar-refractivity contribution is 0.243. The van der Waals surface area contributed by atoms with Crippen LogP contribution in [0.3, 0.4) is 0 Å². The molecule has 0 aliphatic carbocycles. The number of fused-ring (bicyclic) bond motifs is 1. The molecule has 2 aromatic heterocycles. The van der Waals surface area contributed by atoms with Gasteiger partial charge in [0.05, 0.1) is 18.1 Å². The number of hydrogen-bond acceptors (Lipinski definition) is 5. The Labute approximate surface area is 120 Å². The van der Waals surface area contributed by atoms with Crippen LogP contribution in [0.25, 0.3) is 11.0 Å². The summed E-state index contributed by atoms with van der Waals surface area (Å²) in [5, 5.41) is 8.35. The second kappa shape index (κ2) is 6.17. The third-order valence-corrected chi connectivity index (χ3v) is 3.31. The minimum atomic E-state index is 0.638. The largest absolute Gasteiger partial charge is 0.372 e. The van der Waals surface area contributed by atoms with Crippen LogP contribution < -0.4 is 5.32 Å². The Bertz CT molecular complexity index is 574. The van der Waals surface area contributed by atoms with E-state index in [2.05, 4.69) is 46.1 Å². The molecule has 6 heteroatoms. The molecule has 6 nitrogen and oxygen atoms in total. The molecule has 0 saturated heterocycles. The first-order valence-corrected chi connectivity index (χ1v) is 7.13. The minimum absolute atomic E-state index is 0.638. The Balaban J connectivity index is 2.31. The molecule has 2 rings (SSSR count). The Morgan fingerprint density at radius 1 is 1.35 bits per heavy atom. The lowest BCUT2D eigenvalue weighted by Gasteiger charge is -2.21. The molecule has 0 aromatic carbocycles. The third kappa shape index (κ3) is 3.07. The predicted molar refractivity (Wildman–Crippen MR) is 81.6 cm³/mol. The van der Waals surface area contributed by atoms with Gasteiger partial charge in [0.15, 0.2) is 5.65 Å². The molecule has 0 aliphatic heterocycles. The number of nitrogens with one attached hydrogen (secondary N) is 1. The van der Waals surface area contributed by atoms with Crippen molar-refractivity contribution in [1.29, 1.82) is 0 Å². The second-order valence-corrected chi connectivity index (χ2v) is 5.47. The van der Waals surface area contributed by atoms with Gasteiger partial charge in [0.25, 0.3) is 0 Å². The van der Waals surface area contributed by atoms with E-state index in [1.54, 1.807) is 10.9 Å². The van der Waals surface area contributed by atoms with Gasteiger partial charge in [-0.1, -0.05) is 20.8 Å². The van der Waals surface area contributed by atoms with Crippen molar-refractivity contribution in [3.63, 3.8) is 0 Å². The maximum atomic E-state index is 4.65. The van der Waals surface area contributed by atoms with E-state index in [1.165, 1.54) is 0 Å². The van der Waals surface area contributed by atoms with E-state index in [9.17, 15) is 0 Å². The van der Waals surface area contributed by atoms with Crippen LogP contribution in [0.4, 0.5) is 5.82 Å². The maximum absolute atomic E-state index is 4.65. The topological polar surface area (TPSA) is 58.9 Å². The zero-order valence-corrected chi connectivity index (χ0v) is 13.0. The molecule has 0 saturated carbocycles. The van der Waals surface area contributed by atoms with Gasteiger partial charge in [-0.05, 0) is 12.5 Å². The summed E-state index contributed by atoms with van der Waals surface area (Å²) in [5.41, 5.74) is 0.875. The second-order valence-electron chi connectivity index (χ2n) is 5.47. The molecule has 0 unspecified atom stereocenters. The third-order valence-electron chi connectivity index (χ3n) is 3.31. The molecule has 20 heavy (non-hydrogen) atoms. The van der Waals surface area contributed by atoms with E-state index in [-0.39, 0.29) is 0 Å². The van der Waals surface area contributed by atoms with Crippen LogP contribution in [0, 0.1) is 5.92 Å². The van der Waals surface area contributed by atoms with Gasteiger partial charge in [0.2, 0.25) is 0 Å². The molecule has 1 N–H and O–H groups in total. The van der Waals surface area contributed by atoms with E-state index >= 15 is 0 Å². The first kappa shape index (κ1) is 14.7.